The maximum atomic E-state index is 12.7. The first-order valence-electron chi connectivity index (χ1n) is 9.56. The summed E-state index contributed by atoms with van der Waals surface area (Å²) in [5.41, 5.74) is 4.08. The molecule has 27 heavy (non-hydrogen) atoms. The standard InChI is InChI=1S/C23H28N2O2/c1-16-15-18-7-5-6-8-20(18)25(16)21(26)13-14-24-22(27)17-9-11-19(12-10-17)23(2,3)4/h5-12,16H,13-15H2,1-4H3,(H,24,27)/t16-/m1/s1. The van der Waals surface area contributed by atoms with Gasteiger partial charge < -0.3 is 10.2 Å². The van der Waals surface area contributed by atoms with Crippen molar-refractivity contribution in [1.82, 2.24) is 5.32 Å². The summed E-state index contributed by atoms with van der Waals surface area (Å²) in [7, 11) is 0. The van der Waals surface area contributed by atoms with Crippen LogP contribution < -0.4 is 10.2 Å². The summed E-state index contributed by atoms with van der Waals surface area (Å²) in [6, 6.07) is 15.9. The summed E-state index contributed by atoms with van der Waals surface area (Å²) in [5, 5.41) is 2.86. The monoisotopic (exact) mass is 364 g/mol. The Kier molecular flexibility index (Phi) is 5.36. The number of fused-ring (bicyclic) bond motifs is 1. The first kappa shape index (κ1) is 19.2. The fourth-order valence-corrected chi connectivity index (χ4v) is 3.57. The quantitative estimate of drug-likeness (QED) is 0.889. The number of carbonyl (C=O) groups excluding carboxylic acids is 2. The lowest BCUT2D eigenvalue weighted by atomic mass is 9.87. The van der Waals surface area contributed by atoms with Crippen LogP contribution in [0.5, 0.6) is 0 Å². The highest BCUT2D eigenvalue weighted by atomic mass is 16.2. The summed E-state index contributed by atoms with van der Waals surface area (Å²) < 4.78 is 0. The minimum Gasteiger partial charge on any atom is -0.352 e. The number of anilines is 1. The smallest absolute Gasteiger partial charge is 0.251 e. The van der Waals surface area contributed by atoms with Crippen molar-refractivity contribution in [2.24, 2.45) is 0 Å². The number of nitrogens with one attached hydrogen (secondary N) is 1. The third kappa shape index (κ3) is 4.21. The molecule has 3 rings (SSSR count). The molecule has 0 fully saturated rings. The third-order valence-corrected chi connectivity index (χ3v) is 5.11. The number of amides is 2. The Morgan fingerprint density at radius 1 is 1.07 bits per heavy atom. The first-order valence-corrected chi connectivity index (χ1v) is 9.56. The number of rotatable bonds is 4. The lowest BCUT2D eigenvalue weighted by Crippen LogP contribution is -2.38. The van der Waals surface area contributed by atoms with Crippen LogP contribution in [0.3, 0.4) is 0 Å². The zero-order valence-electron chi connectivity index (χ0n) is 16.6. The van der Waals surface area contributed by atoms with E-state index >= 15 is 0 Å². The second kappa shape index (κ2) is 7.55. The van der Waals surface area contributed by atoms with E-state index in [-0.39, 0.29) is 23.3 Å². The number of para-hydroxylation sites is 1. The molecule has 2 aromatic rings. The van der Waals surface area contributed by atoms with E-state index in [2.05, 4.69) is 39.1 Å². The van der Waals surface area contributed by atoms with Gasteiger partial charge in [0.1, 0.15) is 0 Å². The van der Waals surface area contributed by atoms with Gasteiger partial charge in [-0.1, -0.05) is 51.1 Å². The summed E-state index contributed by atoms with van der Waals surface area (Å²) in [4.78, 5) is 26.9. The number of hydrogen-bond donors (Lipinski definition) is 1. The summed E-state index contributed by atoms with van der Waals surface area (Å²) in [5.74, 6) is -0.0889. The van der Waals surface area contributed by atoms with Crippen molar-refractivity contribution in [3.8, 4) is 0 Å². The van der Waals surface area contributed by atoms with Crippen LogP contribution in [0.1, 0.15) is 55.6 Å². The fraction of sp³-hybridized carbons (Fsp3) is 0.391. The van der Waals surface area contributed by atoms with Gasteiger partial charge in [-0.15, -0.1) is 0 Å². The number of carbonyl (C=O) groups is 2. The molecule has 0 bridgehead atoms. The van der Waals surface area contributed by atoms with Crippen molar-refractivity contribution >= 4 is 17.5 Å². The van der Waals surface area contributed by atoms with Gasteiger partial charge >= 0.3 is 0 Å². The van der Waals surface area contributed by atoms with Crippen LogP contribution in [-0.2, 0) is 16.6 Å². The average Bonchev–Trinajstić information content (AvgIpc) is 2.96. The molecule has 4 heteroatoms. The average molecular weight is 364 g/mol. The van der Waals surface area contributed by atoms with Crippen LogP contribution in [0.4, 0.5) is 5.69 Å². The van der Waals surface area contributed by atoms with E-state index in [1.807, 2.05) is 47.4 Å². The lowest BCUT2D eigenvalue weighted by Gasteiger charge is -2.23. The minimum absolute atomic E-state index is 0.0517. The number of hydrogen-bond acceptors (Lipinski definition) is 2. The third-order valence-electron chi connectivity index (χ3n) is 5.11. The molecule has 0 unspecified atom stereocenters. The summed E-state index contributed by atoms with van der Waals surface area (Å²) >= 11 is 0. The molecule has 0 saturated heterocycles. The van der Waals surface area contributed by atoms with Gasteiger partial charge in [-0.05, 0) is 48.1 Å². The van der Waals surface area contributed by atoms with E-state index in [0.717, 1.165) is 12.1 Å². The van der Waals surface area contributed by atoms with Crippen molar-refractivity contribution in [2.75, 3.05) is 11.4 Å². The fourth-order valence-electron chi connectivity index (χ4n) is 3.57. The molecule has 0 aliphatic carbocycles. The molecule has 1 atom stereocenters. The van der Waals surface area contributed by atoms with Gasteiger partial charge in [-0.3, -0.25) is 9.59 Å². The summed E-state index contributed by atoms with van der Waals surface area (Å²) in [6.07, 6.45) is 1.18. The van der Waals surface area contributed by atoms with Crippen LogP contribution in [0, 0.1) is 0 Å². The van der Waals surface area contributed by atoms with Crippen LogP contribution in [-0.4, -0.2) is 24.4 Å². The molecule has 1 heterocycles. The SMILES string of the molecule is C[C@@H]1Cc2ccccc2N1C(=O)CCNC(=O)c1ccc(C(C)(C)C)cc1. The molecule has 0 spiro atoms. The summed E-state index contributed by atoms with van der Waals surface area (Å²) in [6.45, 7) is 8.83. The first-order chi connectivity index (χ1) is 12.8. The van der Waals surface area contributed by atoms with E-state index in [4.69, 9.17) is 0 Å². The normalized spacial score (nSPS) is 16.1. The topological polar surface area (TPSA) is 49.4 Å². The Balaban J connectivity index is 1.55. The predicted molar refractivity (Wildman–Crippen MR) is 109 cm³/mol. The molecular formula is C23H28N2O2. The maximum absolute atomic E-state index is 12.7. The molecule has 142 valence electrons. The second-order valence-electron chi connectivity index (χ2n) is 8.28. The molecular weight excluding hydrogens is 336 g/mol. The number of benzene rings is 2. The van der Waals surface area contributed by atoms with E-state index < -0.39 is 0 Å². The van der Waals surface area contributed by atoms with E-state index in [1.165, 1.54) is 11.1 Å². The number of nitrogens with zero attached hydrogens (tertiary/aromatic N) is 1. The molecule has 0 saturated carbocycles. The van der Waals surface area contributed by atoms with Crippen molar-refractivity contribution in [1.29, 1.82) is 0 Å². The highest BCUT2D eigenvalue weighted by Gasteiger charge is 2.30. The largest absolute Gasteiger partial charge is 0.352 e. The highest BCUT2D eigenvalue weighted by molar-refractivity contribution is 5.97. The molecule has 0 radical (unpaired) electrons. The molecule has 2 aromatic carbocycles. The Bertz CT molecular complexity index is 834. The zero-order valence-corrected chi connectivity index (χ0v) is 16.6. The Morgan fingerprint density at radius 3 is 2.41 bits per heavy atom. The van der Waals surface area contributed by atoms with Crippen LogP contribution in [0.25, 0.3) is 0 Å². The zero-order chi connectivity index (χ0) is 19.6. The Labute approximate surface area is 161 Å². The Morgan fingerprint density at radius 2 is 1.74 bits per heavy atom. The van der Waals surface area contributed by atoms with Crippen molar-refractivity contribution < 1.29 is 9.59 Å². The van der Waals surface area contributed by atoms with Gasteiger partial charge in [0.15, 0.2) is 0 Å². The predicted octanol–water partition coefficient (Wildman–Crippen LogP) is 4.08. The minimum atomic E-state index is -0.141. The molecule has 2 amide bonds. The van der Waals surface area contributed by atoms with E-state index in [0.29, 0.717) is 18.5 Å². The molecule has 1 N–H and O–H groups in total. The van der Waals surface area contributed by atoms with Gasteiger partial charge in [0.25, 0.3) is 5.91 Å². The van der Waals surface area contributed by atoms with Gasteiger partial charge in [-0.25, -0.2) is 0 Å². The van der Waals surface area contributed by atoms with E-state index in [1.54, 1.807) is 0 Å². The molecule has 4 nitrogen and oxygen atoms in total. The highest BCUT2D eigenvalue weighted by Crippen LogP contribution is 2.32. The van der Waals surface area contributed by atoms with Crippen LogP contribution >= 0.6 is 0 Å². The molecule has 1 aliphatic rings. The van der Waals surface area contributed by atoms with Crippen LogP contribution in [0.15, 0.2) is 48.5 Å². The van der Waals surface area contributed by atoms with Crippen LogP contribution in [0.2, 0.25) is 0 Å². The van der Waals surface area contributed by atoms with Gasteiger partial charge in [0, 0.05) is 30.3 Å². The van der Waals surface area contributed by atoms with Crippen molar-refractivity contribution in [2.45, 2.75) is 52.0 Å². The van der Waals surface area contributed by atoms with Crippen molar-refractivity contribution in [3.05, 3.63) is 65.2 Å². The Hall–Kier alpha value is -2.62. The van der Waals surface area contributed by atoms with Gasteiger partial charge in [0.2, 0.25) is 5.91 Å². The second-order valence-corrected chi connectivity index (χ2v) is 8.28. The van der Waals surface area contributed by atoms with Crippen molar-refractivity contribution in [3.63, 3.8) is 0 Å². The van der Waals surface area contributed by atoms with E-state index in [9.17, 15) is 9.59 Å². The maximum Gasteiger partial charge on any atom is 0.251 e. The lowest BCUT2D eigenvalue weighted by molar-refractivity contribution is -0.118. The molecule has 0 aromatic heterocycles. The molecule has 1 aliphatic heterocycles. The van der Waals surface area contributed by atoms with Gasteiger partial charge in [0.05, 0.1) is 0 Å². The van der Waals surface area contributed by atoms with Gasteiger partial charge in [-0.2, -0.15) is 0 Å².